The SMILES string of the molecule is O=C1c2ccccc2C(=O)N1CCc1cnc(CCCC2CCCC2)[nH]1. The van der Waals surface area contributed by atoms with Crippen molar-refractivity contribution in [2.75, 3.05) is 6.54 Å². The number of aryl methyl sites for hydroxylation is 1. The van der Waals surface area contributed by atoms with E-state index in [0.717, 1.165) is 23.9 Å². The summed E-state index contributed by atoms with van der Waals surface area (Å²) >= 11 is 0. The molecule has 1 saturated carbocycles. The van der Waals surface area contributed by atoms with E-state index < -0.39 is 0 Å². The Bertz CT molecular complexity index is 770. The van der Waals surface area contributed by atoms with Crippen LogP contribution in [0.25, 0.3) is 0 Å². The van der Waals surface area contributed by atoms with Crippen LogP contribution in [0.15, 0.2) is 30.5 Å². The van der Waals surface area contributed by atoms with Gasteiger partial charge in [0.25, 0.3) is 11.8 Å². The molecule has 1 fully saturated rings. The van der Waals surface area contributed by atoms with Gasteiger partial charge in [-0.05, 0) is 24.5 Å². The van der Waals surface area contributed by atoms with Gasteiger partial charge in [0, 0.05) is 31.3 Å². The molecule has 0 saturated heterocycles. The molecule has 2 amide bonds. The second kappa shape index (κ2) is 7.44. The van der Waals surface area contributed by atoms with Crippen molar-refractivity contribution in [3.8, 4) is 0 Å². The van der Waals surface area contributed by atoms with Crippen LogP contribution in [0.4, 0.5) is 0 Å². The summed E-state index contributed by atoms with van der Waals surface area (Å²) in [5.74, 6) is 1.54. The first kappa shape index (κ1) is 17.0. The van der Waals surface area contributed by atoms with E-state index in [4.69, 9.17) is 0 Å². The molecule has 1 aromatic heterocycles. The Morgan fingerprint density at radius 2 is 1.73 bits per heavy atom. The molecule has 0 atom stereocenters. The smallest absolute Gasteiger partial charge is 0.261 e. The van der Waals surface area contributed by atoms with Gasteiger partial charge in [0.2, 0.25) is 0 Å². The third-order valence-corrected chi connectivity index (χ3v) is 5.66. The molecular formula is C21H25N3O2. The van der Waals surface area contributed by atoms with Crippen molar-refractivity contribution in [1.29, 1.82) is 0 Å². The van der Waals surface area contributed by atoms with Crippen LogP contribution in [0, 0.1) is 5.92 Å². The van der Waals surface area contributed by atoms with E-state index >= 15 is 0 Å². The lowest BCUT2D eigenvalue weighted by atomic mass is 10.0. The Labute approximate surface area is 153 Å². The zero-order valence-corrected chi connectivity index (χ0v) is 15.0. The Morgan fingerprint density at radius 3 is 2.42 bits per heavy atom. The minimum absolute atomic E-state index is 0.193. The molecule has 5 heteroatoms. The van der Waals surface area contributed by atoms with Crippen molar-refractivity contribution in [3.05, 3.63) is 53.1 Å². The number of nitrogens with one attached hydrogen (secondary N) is 1. The van der Waals surface area contributed by atoms with Gasteiger partial charge in [-0.25, -0.2) is 4.98 Å². The van der Waals surface area contributed by atoms with Gasteiger partial charge in [0.15, 0.2) is 0 Å². The van der Waals surface area contributed by atoms with Gasteiger partial charge in [-0.2, -0.15) is 0 Å². The van der Waals surface area contributed by atoms with E-state index in [0.29, 0.717) is 24.1 Å². The number of aromatic nitrogens is 2. The Kier molecular flexibility index (Phi) is 4.87. The first-order chi connectivity index (χ1) is 12.7. The molecule has 0 bridgehead atoms. The van der Waals surface area contributed by atoms with Crippen LogP contribution in [0.1, 0.15) is 70.8 Å². The van der Waals surface area contributed by atoms with Crippen LogP contribution in [-0.2, 0) is 12.8 Å². The molecule has 2 aromatic rings. The second-order valence-corrected chi connectivity index (χ2v) is 7.46. The number of amides is 2. The second-order valence-electron chi connectivity index (χ2n) is 7.46. The van der Waals surface area contributed by atoms with E-state index in [1.165, 1.54) is 43.4 Å². The molecule has 2 aliphatic rings. The van der Waals surface area contributed by atoms with Gasteiger partial charge in [0.05, 0.1) is 11.1 Å². The number of carbonyl (C=O) groups excluding carboxylic acids is 2. The number of nitrogens with zero attached hydrogens (tertiary/aromatic N) is 2. The summed E-state index contributed by atoms with van der Waals surface area (Å²) in [4.78, 5) is 33.9. The highest BCUT2D eigenvalue weighted by molar-refractivity contribution is 6.21. The van der Waals surface area contributed by atoms with Gasteiger partial charge in [0.1, 0.15) is 5.82 Å². The number of imidazole rings is 1. The van der Waals surface area contributed by atoms with Crippen molar-refractivity contribution in [3.63, 3.8) is 0 Å². The molecule has 1 aromatic carbocycles. The molecule has 136 valence electrons. The number of H-pyrrole nitrogens is 1. The lowest BCUT2D eigenvalue weighted by molar-refractivity contribution is 0.0656. The van der Waals surface area contributed by atoms with Gasteiger partial charge >= 0.3 is 0 Å². The molecule has 0 spiro atoms. The molecule has 0 radical (unpaired) electrons. The Morgan fingerprint density at radius 1 is 1.04 bits per heavy atom. The number of hydrogen-bond acceptors (Lipinski definition) is 3. The predicted octanol–water partition coefficient (Wildman–Crippen LogP) is 3.76. The maximum Gasteiger partial charge on any atom is 0.261 e. The van der Waals surface area contributed by atoms with E-state index in [1.807, 2.05) is 6.20 Å². The monoisotopic (exact) mass is 351 g/mol. The van der Waals surface area contributed by atoms with E-state index in [2.05, 4.69) is 9.97 Å². The highest BCUT2D eigenvalue weighted by Crippen LogP contribution is 2.29. The molecule has 4 rings (SSSR count). The standard InChI is InChI=1S/C21H25N3O2/c25-20-17-9-3-4-10-18(17)21(26)24(20)13-12-16-14-22-19(23-16)11-5-8-15-6-1-2-7-15/h3-4,9-10,14-15H,1-2,5-8,11-13H2,(H,22,23). The number of benzene rings is 1. The number of fused-ring (bicyclic) bond motifs is 1. The van der Waals surface area contributed by atoms with Crippen molar-refractivity contribution in [2.45, 2.75) is 51.4 Å². The number of aromatic amines is 1. The molecule has 1 aliphatic carbocycles. The van der Waals surface area contributed by atoms with E-state index in [9.17, 15) is 9.59 Å². The van der Waals surface area contributed by atoms with Crippen LogP contribution in [0.2, 0.25) is 0 Å². The molecule has 1 aliphatic heterocycles. The molecule has 5 nitrogen and oxygen atoms in total. The summed E-state index contributed by atoms with van der Waals surface area (Å²) in [6, 6.07) is 7.02. The lowest BCUT2D eigenvalue weighted by Crippen LogP contribution is -2.31. The summed E-state index contributed by atoms with van der Waals surface area (Å²) in [6.45, 7) is 0.385. The third kappa shape index (κ3) is 3.43. The number of carbonyl (C=O) groups is 2. The summed E-state index contributed by atoms with van der Waals surface area (Å²) < 4.78 is 0. The fourth-order valence-electron chi connectivity index (χ4n) is 4.19. The quantitative estimate of drug-likeness (QED) is 0.772. The molecule has 0 unspecified atom stereocenters. The van der Waals surface area contributed by atoms with Crippen LogP contribution >= 0.6 is 0 Å². The fraction of sp³-hybridized carbons (Fsp3) is 0.476. The summed E-state index contributed by atoms with van der Waals surface area (Å²) in [5, 5.41) is 0. The number of hydrogen-bond donors (Lipinski definition) is 1. The number of imide groups is 1. The van der Waals surface area contributed by atoms with Crippen molar-refractivity contribution >= 4 is 11.8 Å². The molecular weight excluding hydrogens is 326 g/mol. The maximum atomic E-state index is 12.4. The fourth-order valence-corrected chi connectivity index (χ4v) is 4.19. The largest absolute Gasteiger partial charge is 0.346 e. The van der Waals surface area contributed by atoms with Gasteiger partial charge in [-0.15, -0.1) is 0 Å². The van der Waals surface area contributed by atoms with E-state index in [1.54, 1.807) is 24.3 Å². The average Bonchev–Trinajstić information content (AvgIpc) is 3.37. The highest BCUT2D eigenvalue weighted by Gasteiger charge is 2.34. The van der Waals surface area contributed by atoms with Crippen LogP contribution < -0.4 is 0 Å². The zero-order valence-electron chi connectivity index (χ0n) is 15.0. The Balaban J connectivity index is 1.28. The number of rotatable bonds is 7. The van der Waals surface area contributed by atoms with Crippen LogP contribution in [0.3, 0.4) is 0 Å². The topological polar surface area (TPSA) is 66.1 Å². The molecule has 2 heterocycles. The normalized spacial score (nSPS) is 17.3. The average molecular weight is 351 g/mol. The lowest BCUT2D eigenvalue weighted by Gasteiger charge is -2.12. The van der Waals surface area contributed by atoms with Gasteiger partial charge in [-0.1, -0.05) is 44.2 Å². The van der Waals surface area contributed by atoms with Crippen LogP contribution in [-0.4, -0.2) is 33.2 Å². The summed E-state index contributed by atoms with van der Waals surface area (Å²) in [6.07, 6.45) is 11.5. The highest BCUT2D eigenvalue weighted by atomic mass is 16.2. The first-order valence-electron chi connectivity index (χ1n) is 9.70. The Hall–Kier alpha value is -2.43. The minimum Gasteiger partial charge on any atom is -0.346 e. The van der Waals surface area contributed by atoms with Crippen molar-refractivity contribution < 1.29 is 9.59 Å². The van der Waals surface area contributed by atoms with Gasteiger partial charge in [-0.3, -0.25) is 14.5 Å². The molecule has 26 heavy (non-hydrogen) atoms. The molecule has 1 N–H and O–H groups in total. The van der Waals surface area contributed by atoms with Crippen LogP contribution in [0.5, 0.6) is 0 Å². The zero-order chi connectivity index (χ0) is 17.9. The summed E-state index contributed by atoms with van der Waals surface area (Å²) in [7, 11) is 0. The predicted molar refractivity (Wildman–Crippen MR) is 99.0 cm³/mol. The maximum absolute atomic E-state index is 12.4. The van der Waals surface area contributed by atoms with Crippen molar-refractivity contribution in [1.82, 2.24) is 14.9 Å². The van der Waals surface area contributed by atoms with Crippen molar-refractivity contribution in [2.24, 2.45) is 5.92 Å². The third-order valence-electron chi connectivity index (χ3n) is 5.66. The van der Waals surface area contributed by atoms with E-state index in [-0.39, 0.29) is 11.8 Å². The van der Waals surface area contributed by atoms with Gasteiger partial charge < -0.3 is 4.98 Å². The summed E-state index contributed by atoms with van der Waals surface area (Å²) in [5.41, 5.74) is 2.00. The minimum atomic E-state index is -0.193. The first-order valence-corrected chi connectivity index (χ1v) is 9.70.